The fourth-order valence-electron chi connectivity index (χ4n) is 3.03. The Kier molecular flexibility index (Phi) is 7.62. The predicted octanol–water partition coefficient (Wildman–Crippen LogP) is 3.02. The summed E-state index contributed by atoms with van der Waals surface area (Å²) in [5.74, 6) is 2.29. The van der Waals surface area contributed by atoms with Gasteiger partial charge in [0, 0.05) is 43.5 Å². The lowest BCUT2D eigenvalue weighted by Gasteiger charge is -2.29. The Hall–Kier alpha value is -2.42. The minimum atomic E-state index is -0.0268. The van der Waals surface area contributed by atoms with Crippen LogP contribution in [0.2, 0.25) is 0 Å². The Balaban J connectivity index is 1.42. The largest absolute Gasteiger partial charge is 0.368 e. The highest BCUT2D eigenvalue weighted by atomic mass is 32.2. The van der Waals surface area contributed by atoms with Crippen molar-refractivity contribution in [1.29, 1.82) is 0 Å². The highest BCUT2D eigenvalue weighted by Crippen LogP contribution is 2.17. The molecular weight excluding hydrogens is 386 g/mol. The lowest BCUT2D eigenvalue weighted by atomic mass is 9.99. The molecule has 0 aliphatic carbocycles. The molecule has 3 rings (SSSR count). The van der Waals surface area contributed by atoms with E-state index in [2.05, 4.69) is 44.4 Å². The third kappa shape index (κ3) is 6.28. The number of aromatic nitrogens is 4. The second kappa shape index (κ2) is 10.4. The zero-order chi connectivity index (χ0) is 20.6. The molecule has 1 fully saturated rings. The number of carbonyl (C=O) groups is 1. The third-order valence-corrected chi connectivity index (χ3v) is 5.73. The van der Waals surface area contributed by atoms with Gasteiger partial charge in [-0.15, -0.1) is 11.8 Å². The Labute approximate surface area is 176 Å². The van der Waals surface area contributed by atoms with E-state index in [1.54, 1.807) is 24.2 Å². The first-order chi connectivity index (χ1) is 14.0. The number of carbonyl (C=O) groups excluding carboxylic acids is 1. The summed E-state index contributed by atoms with van der Waals surface area (Å²) < 4.78 is 0. The van der Waals surface area contributed by atoms with Crippen LogP contribution in [-0.4, -0.2) is 63.2 Å². The molecule has 1 aliphatic heterocycles. The first-order valence-corrected chi connectivity index (χ1v) is 11.2. The van der Waals surface area contributed by atoms with Gasteiger partial charge in [0.2, 0.25) is 5.95 Å². The third-order valence-electron chi connectivity index (χ3n) is 5.05. The highest BCUT2D eigenvalue weighted by molar-refractivity contribution is 7.98. The molecular formula is C20H29N7OS. The topological polar surface area (TPSA) is 95.9 Å². The van der Waals surface area contributed by atoms with Gasteiger partial charge in [0.05, 0.1) is 12.4 Å². The van der Waals surface area contributed by atoms with Crippen LogP contribution < -0.4 is 10.6 Å². The van der Waals surface area contributed by atoms with Crippen LogP contribution in [0.3, 0.4) is 0 Å². The summed E-state index contributed by atoms with van der Waals surface area (Å²) in [5.41, 5.74) is 0.408. The Morgan fingerprint density at radius 3 is 2.41 bits per heavy atom. The van der Waals surface area contributed by atoms with Gasteiger partial charge in [0.1, 0.15) is 11.5 Å². The summed E-state index contributed by atoms with van der Waals surface area (Å²) in [5, 5.41) is 6.51. The normalized spacial score (nSPS) is 15.8. The molecule has 1 unspecified atom stereocenters. The molecule has 1 saturated heterocycles. The summed E-state index contributed by atoms with van der Waals surface area (Å²) in [4.78, 5) is 32.7. The van der Waals surface area contributed by atoms with Gasteiger partial charge in [-0.1, -0.05) is 13.8 Å². The van der Waals surface area contributed by atoms with Crippen LogP contribution in [-0.2, 0) is 0 Å². The summed E-state index contributed by atoms with van der Waals surface area (Å²) in [6.45, 7) is 7.42. The lowest BCUT2D eigenvalue weighted by molar-refractivity contribution is 0.0691. The molecule has 156 valence electrons. The molecule has 29 heavy (non-hydrogen) atoms. The van der Waals surface area contributed by atoms with Crippen molar-refractivity contribution in [2.45, 2.75) is 31.6 Å². The first-order valence-electron chi connectivity index (χ1n) is 10.00. The Morgan fingerprint density at radius 2 is 1.79 bits per heavy atom. The number of nitrogens with zero attached hydrogens (tertiary/aromatic N) is 5. The molecule has 8 nitrogen and oxygen atoms in total. The maximum Gasteiger partial charge on any atom is 0.274 e. The van der Waals surface area contributed by atoms with Crippen molar-refractivity contribution >= 4 is 29.4 Å². The van der Waals surface area contributed by atoms with E-state index in [4.69, 9.17) is 0 Å². The van der Waals surface area contributed by atoms with E-state index in [1.165, 1.54) is 0 Å². The van der Waals surface area contributed by atoms with Gasteiger partial charge in [-0.05, 0) is 30.9 Å². The van der Waals surface area contributed by atoms with Crippen molar-refractivity contribution in [2.24, 2.45) is 11.8 Å². The molecule has 2 aromatic rings. The maximum atomic E-state index is 12.5. The van der Waals surface area contributed by atoms with E-state index in [0.717, 1.165) is 43.9 Å². The molecule has 0 aromatic carbocycles. The molecule has 3 heterocycles. The minimum Gasteiger partial charge on any atom is -0.368 e. The van der Waals surface area contributed by atoms with Crippen molar-refractivity contribution in [3.05, 3.63) is 30.5 Å². The van der Waals surface area contributed by atoms with Crippen molar-refractivity contribution in [3.8, 4) is 0 Å². The molecule has 1 atom stereocenters. The zero-order valence-electron chi connectivity index (χ0n) is 17.3. The summed E-state index contributed by atoms with van der Waals surface area (Å²) >= 11 is 1.62. The van der Waals surface area contributed by atoms with Crippen LogP contribution in [0.5, 0.6) is 0 Å². The van der Waals surface area contributed by atoms with Crippen LogP contribution in [0, 0.1) is 11.8 Å². The molecule has 0 bridgehead atoms. The fraction of sp³-hybridized carbons (Fsp3) is 0.550. The molecule has 0 saturated carbocycles. The van der Waals surface area contributed by atoms with Crippen molar-refractivity contribution in [3.63, 3.8) is 0 Å². The number of thioether (sulfide) groups is 1. The van der Waals surface area contributed by atoms with E-state index >= 15 is 0 Å². The first kappa shape index (κ1) is 21.3. The number of amides is 1. The van der Waals surface area contributed by atoms with E-state index in [1.807, 2.05) is 23.5 Å². The molecule has 9 heteroatoms. The van der Waals surface area contributed by atoms with Crippen molar-refractivity contribution in [2.75, 3.05) is 43.1 Å². The summed E-state index contributed by atoms with van der Waals surface area (Å²) in [6.07, 6.45) is 10.9. The number of likely N-dealkylation sites (tertiary alicyclic amines) is 1. The number of piperidine rings is 1. The van der Waals surface area contributed by atoms with Gasteiger partial charge in [0.25, 0.3) is 5.91 Å². The van der Waals surface area contributed by atoms with Crippen LogP contribution in [0.4, 0.5) is 11.8 Å². The molecule has 2 N–H and O–H groups in total. The quantitative estimate of drug-likeness (QED) is 0.635. The average molecular weight is 416 g/mol. The van der Waals surface area contributed by atoms with E-state index in [-0.39, 0.29) is 5.91 Å². The van der Waals surface area contributed by atoms with Crippen LogP contribution in [0.1, 0.15) is 37.2 Å². The molecule has 2 aromatic heterocycles. The molecule has 1 aliphatic rings. The van der Waals surface area contributed by atoms with Gasteiger partial charge < -0.3 is 15.5 Å². The van der Waals surface area contributed by atoms with Crippen LogP contribution in [0.15, 0.2) is 29.7 Å². The number of hydrogen-bond acceptors (Lipinski definition) is 8. The predicted molar refractivity (Wildman–Crippen MR) is 116 cm³/mol. The lowest BCUT2D eigenvalue weighted by Crippen LogP contribution is -2.38. The van der Waals surface area contributed by atoms with Crippen molar-refractivity contribution < 1.29 is 4.79 Å². The molecule has 0 spiro atoms. The number of anilines is 2. The van der Waals surface area contributed by atoms with Crippen LogP contribution >= 0.6 is 11.8 Å². The standard InChI is InChI=1S/C20H29N7OS/c1-14-4-6-27(7-5-14)19(28)17-12-23-18(13-21-17)22-8-15(2)9-24-20-25-10-16(29-3)11-26-20/h10-15H,4-9H2,1-3H3,(H,22,23)(H,24,25,26). The fourth-order valence-corrected chi connectivity index (χ4v) is 3.35. The average Bonchev–Trinajstić information content (AvgIpc) is 2.77. The number of nitrogens with one attached hydrogen (secondary N) is 2. The van der Waals surface area contributed by atoms with Gasteiger partial charge >= 0.3 is 0 Å². The zero-order valence-corrected chi connectivity index (χ0v) is 18.1. The number of rotatable bonds is 8. The summed E-state index contributed by atoms with van der Waals surface area (Å²) in [6, 6.07) is 0. The second-order valence-corrected chi connectivity index (χ2v) is 8.45. The minimum absolute atomic E-state index is 0.0268. The maximum absolute atomic E-state index is 12.5. The van der Waals surface area contributed by atoms with Crippen LogP contribution in [0.25, 0.3) is 0 Å². The monoisotopic (exact) mass is 415 g/mol. The van der Waals surface area contributed by atoms with E-state index < -0.39 is 0 Å². The molecule has 0 radical (unpaired) electrons. The number of hydrogen-bond donors (Lipinski definition) is 2. The van der Waals surface area contributed by atoms with Gasteiger partial charge in [-0.25, -0.2) is 19.9 Å². The Bertz CT molecular complexity index is 776. The second-order valence-electron chi connectivity index (χ2n) is 7.58. The van der Waals surface area contributed by atoms with Crippen molar-refractivity contribution in [1.82, 2.24) is 24.8 Å². The highest BCUT2D eigenvalue weighted by Gasteiger charge is 2.22. The van der Waals surface area contributed by atoms with Gasteiger partial charge in [0.15, 0.2) is 0 Å². The van der Waals surface area contributed by atoms with E-state index in [0.29, 0.717) is 29.3 Å². The van der Waals surface area contributed by atoms with Gasteiger partial charge in [-0.3, -0.25) is 4.79 Å². The molecule has 1 amide bonds. The Morgan fingerprint density at radius 1 is 1.10 bits per heavy atom. The van der Waals surface area contributed by atoms with Gasteiger partial charge in [-0.2, -0.15) is 0 Å². The SMILES string of the molecule is CSc1cnc(NCC(C)CNc2cnc(C(=O)N3CCC(C)CC3)cn2)nc1. The summed E-state index contributed by atoms with van der Waals surface area (Å²) in [7, 11) is 0. The smallest absolute Gasteiger partial charge is 0.274 e. The van der Waals surface area contributed by atoms with E-state index in [9.17, 15) is 4.79 Å².